The third-order valence-electron chi connectivity index (χ3n) is 6.81. The van der Waals surface area contributed by atoms with Gasteiger partial charge in [-0.15, -0.1) is 0 Å². The molecule has 2 aromatic rings. The summed E-state index contributed by atoms with van der Waals surface area (Å²) in [6.45, 7) is 4.06. The quantitative estimate of drug-likeness (QED) is 0.342. The summed E-state index contributed by atoms with van der Waals surface area (Å²) in [5, 5.41) is 3.31. The summed E-state index contributed by atoms with van der Waals surface area (Å²) in [6.07, 6.45) is 0.768. The van der Waals surface area contributed by atoms with E-state index in [4.69, 9.17) is 14.2 Å². The van der Waals surface area contributed by atoms with Gasteiger partial charge >= 0.3 is 5.97 Å². The van der Waals surface area contributed by atoms with Crippen LogP contribution in [0.3, 0.4) is 0 Å². The summed E-state index contributed by atoms with van der Waals surface area (Å²) in [6, 6.07) is 12.0. The highest BCUT2D eigenvalue weighted by Crippen LogP contribution is 2.47. The van der Waals surface area contributed by atoms with Gasteiger partial charge in [0.2, 0.25) is 0 Å². The Hall–Kier alpha value is -3.26. The van der Waals surface area contributed by atoms with E-state index in [1.54, 1.807) is 51.1 Å². The number of thioether (sulfide) groups is 1. The van der Waals surface area contributed by atoms with E-state index in [-0.39, 0.29) is 30.3 Å². The standard InChI is InChI=1S/C29H32FNO5S/c1-5-37-13-12-36-29(33)26-17(2)31-22-14-19(18-10-11-24(34-3)25(16-18)35-4)15-23(32)28(22)27(26)20-8-6-7-9-21(20)30/h6-11,16,19,27,31H,5,12-15H2,1-4H3/t19-,27-/m1/s1. The molecule has 0 saturated carbocycles. The molecule has 0 unspecified atom stereocenters. The molecule has 0 saturated heterocycles. The SMILES string of the molecule is CCSCCOC(=O)C1=C(C)NC2=C(C(=O)C[C@H](c3ccc(OC)c(OC)c3)C2)[C@@H]1c1ccccc1F. The first kappa shape index (κ1) is 26.8. The molecular weight excluding hydrogens is 493 g/mol. The summed E-state index contributed by atoms with van der Waals surface area (Å²) >= 11 is 1.67. The third kappa shape index (κ3) is 5.54. The molecule has 0 fully saturated rings. The number of carbonyl (C=O) groups excluding carboxylic acids is 2. The Labute approximate surface area is 221 Å². The van der Waals surface area contributed by atoms with E-state index in [0.717, 1.165) is 11.3 Å². The molecule has 8 heteroatoms. The van der Waals surface area contributed by atoms with E-state index in [1.807, 2.05) is 25.1 Å². The smallest absolute Gasteiger partial charge is 0.336 e. The lowest BCUT2D eigenvalue weighted by atomic mass is 9.71. The average Bonchev–Trinajstić information content (AvgIpc) is 2.90. The van der Waals surface area contributed by atoms with Crippen LogP contribution >= 0.6 is 11.8 Å². The van der Waals surface area contributed by atoms with E-state index < -0.39 is 17.7 Å². The summed E-state index contributed by atoms with van der Waals surface area (Å²) < 4.78 is 31.5. The number of hydrogen-bond donors (Lipinski definition) is 1. The molecule has 0 radical (unpaired) electrons. The van der Waals surface area contributed by atoms with Crippen LogP contribution in [0, 0.1) is 5.82 Å². The highest BCUT2D eigenvalue weighted by atomic mass is 32.2. The van der Waals surface area contributed by atoms with Crippen molar-refractivity contribution in [1.82, 2.24) is 5.32 Å². The van der Waals surface area contributed by atoms with Crippen molar-refractivity contribution < 1.29 is 28.2 Å². The van der Waals surface area contributed by atoms with Gasteiger partial charge in [0.15, 0.2) is 17.3 Å². The Morgan fingerprint density at radius 3 is 2.57 bits per heavy atom. The van der Waals surface area contributed by atoms with Gasteiger partial charge in [-0.2, -0.15) is 11.8 Å². The molecule has 196 valence electrons. The van der Waals surface area contributed by atoms with E-state index in [1.165, 1.54) is 6.07 Å². The Bertz CT molecular complexity index is 1250. The molecule has 1 aliphatic heterocycles. The first-order chi connectivity index (χ1) is 17.9. The van der Waals surface area contributed by atoms with Crippen molar-refractivity contribution in [1.29, 1.82) is 0 Å². The van der Waals surface area contributed by atoms with Gasteiger partial charge in [0.1, 0.15) is 12.4 Å². The Kier molecular flexibility index (Phi) is 8.59. The number of carbonyl (C=O) groups is 2. The van der Waals surface area contributed by atoms with Crippen molar-refractivity contribution in [3.8, 4) is 11.5 Å². The average molecular weight is 526 g/mol. The number of benzene rings is 2. The minimum absolute atomic E-state index is 0.104. The number of esters is 1. The van der Waals surface area contributed by atoms with Gasteiger partial charge in [-0.05, 0) is 48.8 Å². The van der Waals surface area contributed by atoms with Crippen LogP contribution in [-0.2, 0) is 14.3 Å². The number of ether oxygens (including phenoxy) is 3. The van der Waals surface area contributed by atoms with Crippen molar-refractivity contribution in [2.75, 3.05) is 32.3 Å². The second kappa shape index (κ2) is 11.9. The van der Waals surface area contributed by atoms with E-state index in [0.29, 0.717) is 46.2 Å². The predicted octanol–water partition coefficient (Wildman–Crippen LogP) is 5.50. The number of methoxy groups -OCH3 is 2. The normalized spacial score (nSPS) is 19.3. The second-order valence-electron chi connectivity index (χ2n) is 8.99. The van der Waals surface area contributed by atoms with Gasteiger partial charge in [0.05, 0.1) is 25.7 Å². The molecule has 6 nitrogen and oxygen atoms in total. The summed E-state index contributed by atoms with van der Waals surface area (Å²) in [5.41, 5.74) is 3.23. The van der Waals surface area contributed by atoms with Crippen molar-refractivity contribution in [3.63, 3.8) is 0 Å². The highest BCUT2D eigenvalue weighted by molar-refractivity contribution is 7.99. The summed E-state index contributed by atoms with van der Waals surface area (Å²) in [7, 11) is 3.15. The lowest BCUT2D eigenvalue weighted by Crippen LogP contribution is -2.36. The van der Waals surface area contributed by atoms with Crippen LogP contribution in [0.15, 0.2) is 65.0 Å². The minimum atomic E-state index is -0.831. The molecule has 0 bridgehead atoms. The number of hydrogen-bond acceptors (Lipinski definition) is 7. The van der Waals surface area contributed by atoms with Crippen LogP contribution in [0.1, 0.15) is 49.7 Å². The fraction of sp³-hybridized carbons (Fsp3) is 0.379. The molecule has 0 aromatic heterocycles. The molecule has 37 heavy (non-hydrogen) atoms. The maximum Gasteiger partial charge on any atom is 0.336 e. The van der Waals surface area contributed by atoms with Crippen LogP contribution in [0.4, 0.5) is 4.39 Å². The Balaban J connectivity index is 1.72. The zero-order valence-corrected chi connectivity index (χ0v) is 22.4. The number of allylic oxidation sites excluding steroid dienone is 3. The largest absolute Gasteiger partial charge is 0.493 e. The van der Waals surface area contributed by atoms with Gasteiger partial charge < -0.3 is 19.5 Å². The number of halogens is 1. The summed E-state index contributed by atoms with van der Waals surface area (Å²) in [4.78, 5) is 27.0. The first-order valence-corrected chi connectivity index (χ1v) is 13.5. The molecule has 4 rings (SSSR count). The van der Waals surface area contributed by atoms with E-state index in [2.05, 4.69) is 5.32 Å². The first-order valence-electron chi connectivity index (χ1n) is 12.3. The number of dihydropyridines is 1. The fourth-order valence-corrected chi connectivity index (χ4v) is 5.58. The number of nitrogens with one attached hydrogen (secondary N) is 1. The molecular formula is C29H32FNO5S. The Morgan fingerprint density at radius 1 is 1.11 bits per heavy atom. The maximum absolute atomic E-state index is 15.1. The third-order valence-corrected chi connectivity index (χ3v) is 7.67. The van der Waals surface area contributed by atoms with Crippen molar-refractivity contribution in [2.45, 2.75) is 38.5 Å². The highest BCUT2D eigenvalue weighted by Gasteiger charge is 2.42. The van der Waals surface area contributed by atoms with Gasteiger partial charge in [-0.1, -0.05) is 31.2 Å². The fourth-order valence-electron chi connectivity index (χ4n) is 5.09. The van der Waals surface area contributed by atoms with E-state index >= 15 is 4.39 Å². The molecule has 1 aliphatic carbocycles. The molecule has 1 heterocycles. The molecule has 0 spiro atoms. The topological polar surface area (TPSA) is 73.9 Å². The molecule has 2 aromatic carbocycles. The van der Waals surface area contributed by atoms with Gasteiger partial charge in [0.25, 0.3) is 0 Å². The van der Waals surface area contributed by atoms with Gasteiger partial charge in [-0.25, -0.2) is 9.18 Å². The lowest BCUT2D eigenvalue weighted by molar-refractivity contribution is -0.138. The predicted molar refractivity (Wildman–Crippen MR) is 142 cm³/mol. The van der Waals surface area contributed by atoms with Crippen molar-refractivity contribution >= 4 is 23.5 Å². The minimum Gasteiger partial charge on any atom is -0.493 e. The number of Topliss-reactive ketones (excluding diaryl/α,β-unsaturated/α-hetero) is 1. The van der Waals surface area contributed by atoms with Crippen LogP contribution in [0.2, 0.25) is 0 Å². The molecule has 0 amide bonds. The van der Waals surface area contributed by atoms with Crippen molar-refractivity contribution in [3.05, 3.63) is 81.9 Å². The molecule has 1 N–H and O–H groups in total. The van der Waals surface area contributed by atoms with Crippen LogP contribution in [0.25, 0.3) is 0 Å². The second-order valence-corrected chi connectivity index (χ2v) is 10.4. The van der Waals surface area contributed by atoms with Gasteiger partial charge in [0, 0.05) is 34.7 Å². The van der Waals surface area contributed by atoms with Crippen molar-refractivity contribution in [2.24, 2.45) is 0 Å². The van der Waals surface area contributed by atoms with Crippen LogP contribution in [0.5, 0.6) is 11.5 Å². The van der Waals surface area contributed by atoms with Crippen LogP contribution in [-0.4, -0.2) is 44.1 Å². The Morgan fingerprint density at radius 2 is 1.86 bits per heavy atom. The summed E-state index contributed by atoms with van der Waals surface area (Å²) in [5.74, 6) is 0.748. The van der Waals surface area contributed by atoms with Crippen LogP contribution < -0.4 is 14.8 Å². The maximum atomic E-state index is 15.1. The number of ketones is 1. The van der Waals surface area contributed by atoms with E-state index in [9.17, 15) is 9.59 Å². The molecule has 2 atom stereocenters. The molecule has 2 aliphatic rings. The number of rotatable bonds is 9. The lowest BCUT2D eigenvalue weighted by Gasteiger charge is -2.36. The monoisotopic (exact) mass is 525 g/mol. The zero-order chi connectivity index (χ0) is 26.5. The van der Waals surface area contributed by atoms with Gasteiger partial charge in [-0.3, -0.25) is 4.79 Å². The zero-order valence-electron chi connectivity index (χ0n) is 21.6.